The lowest BCUT2D eigenvalue weighted by molar-refractivity contribution is -0.117. The maximum Gasteiger partial charge on any atom is 0.417 e. The predicted octanol–water partition coefficient (Wildman–Crippen LogP) is 1.19. The van der Waals surface area contributed by atoms with Gasteiger partial charge in [0, 0.05) is 5.69 Å². The summed E-state index contributed by atoms with van der Waals surface area (Å²) in [5.74, 6) is -0.752. The Balaban J connectivity index is 2.16. The number of nitrogens with two attached hydrogens (primary N) is 1. The van der Waals surface area contributed by atoms with Crippen LogP contribution < -0.4 is 16.8 Å². The van der Waals surface area contributed by atoms with Gasteiger partial charge in [0.1, 0.15) is 0 Å². The fourth-order valence-corrected chi connectivity index (χ4v) is 1.71. The minimum absolute atomic E-state index is 0.234. The van der Waals surface area contributed by atoms with Gasteiger partial charge in [0.15, 0.2) is 5.58 Å². The molecule has 1 aromatic heterocycles. The summed E-state index contributed by atoms with van der Waals surface area (Å²) in [4.78, 5) is 25.2. The van der Waals surface area contributed by atoms with E-state index in [1.54, 1.807) is 18.2 Å². The van der Waals surface area contributed by atoms with Gasteiger partial charge in [-0.15, -0.1) is 0 Å². The van der Waals surface area contributed by atoms with Crippen molar-refractivity contribution in [3.05, 3.63) is 28.7 Å². The number of carbonyl (C=O) groups is 1. The van der Waals surface area contributed by atoms with E-state index in [-0.39, 0.29) is 5.91 Å². The minimum Gasteiger partial charge on any atom is -0.408 e. The van der Waals surface area contributed by atoms with E-state index in [9.17, 15) is 9.59 Å². The average molecular weight is 249 g/mol. The highest BCUT2D eigenvalue weighted by Crippen LogP contribution is 2.16. The molecule has 0 aliphatic heterocycles. The summed E-state index contributed by atoms with van der Waals surface area (Å²) in [6, 6.07) is 4.40. The lowest BCUT2D eigenvalue weighted by Gasteiger charge is -2.10. The monoisotopic (exact) mass is 249 g/mol. The molecule has 2 rings (SSSR count). The number of aromatic amines is 1. The van der Waals surface area contributed by atoms with E-state index >= 15 is 0 Å². The van der Waals surface area contributed by atoms with Gasteiger partial charge in [0.05, 0.1) is 11.6 Å². The number of hydrogen-bond acceptors (Lipinski definition) is 4. The van der Waals surface area contributed by atoms with E-state index < -0.39 is 11.8 Å². The molecular formula is C12H15N3O3. The molecule has 0 fully saturated rings. The number of benzene rings is 1. The van der Waals surface area contributed by atoms with Gasteiger partial charge < -0.3 is 15.5 Å². The van der Waals surface area contributed by atoms with Crippen LogP contribution >= 0.6 is 0 Å². The average Bonchev–Trinajstić information content (AvgIpc) is 2.68. The van der Waals surface area contributed by atoms with Gasteiger partial charge in [0.25, 0.3) is 0 Å². The van der Waals surface area contributed by atoms with Crippen LogP contribution in [0.1, 0.15) is 19.8 Å². The normalized spacial score (nSPS) is 12.6. The number of fused-ring (bicyclic) bond motifs is 1. The molecule has 4 N–H and O–H groups in total. The quantitative estimate of drug-likeness (QED) is 0.757. The molecule has 0 unspecified atom stereocenters. The van der Waals surface area contributed by atoms with Crippen LogP contribution in [0.3, 0.4) is 0 Å². The molecule has 0 saturated heterocycles. The number of nitrogens with one attached hydrogen (secondary N) is 2. The molecule has 1 aromatic carbocycles. The first-order chi connectivity index (χ1) is 8.60. The Bertz CT molecular complexity index is 614. The smallest absolute Gasteiger partial charge is 0.408 e. The Morgan fingerprint density at radius 2 is 2.33 bits per heavy atom. The molecule has 0 spiro atoms. The topological polar surface area (TPSA) is 101 Å². The van der Waals surface area contributed by atoms with Gasteiger partial charge in [-0.25, -0.2) is 4.79 Å². The first kappa shape index (κ1) is 12.4. The van der Waals surface area contributed by atoms with Gasteiger partial charge in [-0.1, -0.05) is 13.3 Å². The van der Waals surface area contributed by atoms with Gasteiger partial charge in [-0.05, 0) is 24.6 Å². The van der Waals surface area contributed by atoms with Crippen molar-refractivity contribution in [2.24, 2.45) is 5.73 Å². The number of rotatable bonds is 4. The number of H-pyrrole nitrogens is 1. The van der Waals surface area contributed by atoms with E-state index in [1.807, 2.05) is 6.92 Å². The Morgan fingerprint density at radius 1 is 1.56 bits per heavy atom. The molecule has 1 atom stereocenters. The van der Waals surface area contributed by atoms with E-state index in [1.165, 1.54) is 0 Å². The first-order valence-electron chi connectivity index (χ1n) is 5.79. The van der Waals surface area contributed by atoms with Crippen LogP contribution in [-0.4, -0.2) is 16.9 Å². The molecule has 1 amide bonds. The lowest BCUT2D eigenvalue weighted by atomic mass is 10.1. The molecule has 0 bridgehead atoms. The van der Waals surface area contributed by atoms with Crippen molar-refractivity contribution in [1.29, 1.82) is 0 Å². The minimum atomic E-state index is -0.519. The first-order valence-corrected chi connectivity index (χ1v) is 5.79. The van der Waals surface area contributed by atoms with Crippen LogP contribution in [0.5, 0.6) is 0 Å². The van der Waals surface area contributed by atoms with E-state index in [0.29, 0.717) is 23.2 Å². The van der Waals surface area contributed by atoms with Crippen molar-refractivity contribution in [3.63, 3.8) is 0 Å². The molecule has 0 aliphatic rings. The largest absolute Gasteiger partial charge is 0.417 e. The van der Waals surface area contributed by atoms with Crippen molar-refractivity contribution < 1.29 is 9.21 Å². The molecule has 1 heterocycles. The maximum absolute atomic E-state index is 11.7. The van der Waals surface area contributed by atoms with Crippen molar-refractivity contribution >= 4 is 22.7 Å². The summed E-state index contributed by atoms with van der Waals surface area (Å²) in [5, 5.41) is 2.70. The Morgan fingerprint density at radius 3 is 3.06 bits per heavy atom. The van der Waals surface area contributed by atoms with Crippen LogP contribution in [0.15, 0.2) is 27.4 Å². The zero-order valence-electron chi connectivity index (χ0n) is 10.0. The van der Waals surface area contributed by atoms with Crippen molar-refractivity contribution in [2.45, 2.75) is 25.8 Å². The summed E-state index contributed by atoms with van der Waals surface area (Å²) < 4.78 is 4.87. The SMILES string of the molecule is CCC[C@@H](N)C(=O)Nc1ccc2oc(=O)[nH]c2c1. The number of carbonyl (C=O) groups excluding carboxylic acids is 1. The zero-order valence-corrected chi connectivity index (χ0v) is 10.0. The molecular weight excluding hydrogens is 234 g/mol. The van der Waals surface area contributed by atoms with Crippen molar-refractivity contribution in [2.75, 3.05) is 5.32 Å². The lowest BCUT2D eigenvalue weighted by Crippen LogP contribution is -2.35. The zero-order chi connectivity index (χ0) is 13.1. The molecule has 0 radical (unpaired) electrons. The highest BCUT2D eigenvalue weighted by Gasteiger charge is 2.12. The fraction of sp³-hybridized carbons (Fsp3) is 0.333. The Kier molecular flexibility index (Phi) is 3.47. The number of aromatic nitrogens is 1. The van der Waals surface area contributed by atoms with E-state index in [0.717, 1.165) is 6.42 Å². The van der Waals surface area contributed by atoms with Crippen molar-refractivity contribution in [3.8, 4) is 0 Å². The summed E-state index contributed by atoms with van der Waals surface area (Å²) in [5.41, 5.74) is 7.28. The van der Waals surface area contributed by atoms with Crippen LogP contribution in [0.2, 0.25) is 0 Å². The predicted molar refractivity (Wildman–Crippen MR) is 68.3 cm³/mol. The van der Waals surface area contributed by atoms with E-state index in [4.69, 9.17) is 10.2 Å². The molecule has 96 valence electrons. The van der Waals surface area contributed by atoms with Crippen molar-refractivity contribution in [1.82, 2.24) is 4.98 Å². The van der Waals surface area contributed by atoms with Crippen LogP contribution in [0.4, 0.5) is 5.69 Å². The van der Waals surface area contributed by atoms with Gasteiger partial charge in [0.2, 0.25) is 5.91 Å². The third-order valence-electron chi connectivity index (χ3n) is 2.62. The second kappa shape index (κ2) is 5.05. The summed E-state index contributed by atoms with van der Waals surface area (Å²) in [6.45, 7) is 1.97. The number of oxazole rings is 1. The van der Waals surface area contributed by atoms with Gasteiger partial charge >= 0.3 is 5.76 Å². The number of hydrogen-bond donors (Lipinski definition) is 3. The third kappa shape index (κ3) is 2.60. The second-order valence-corrected chi connectivity index (χ2v) is 4.11. The van der Waals surface area contributed by atoms with Crippen LogP contribution in [0.25, 0.3) is 11.1 Å². The summed E-state index contributed by atoms with van der Waals surface area (Å²) >= 11 is 0. The number of amides is 1. The Labute approximate surface area is 103 Å². The Hall–Kier alpha value is -2.08. The molecule has 6 nitrogen and oxygen atoms in total. The molecule has 6 heteroatoms. The molecule has 2 aromatic rings. The van der Waals surface area contributed by atoms with Crippen LogP contribution in [-0.2, 0) is 4.79 Å². The van der Waals surface area contributed by atoms with Crippen LogP contribution in [0, 0.1) is 0 Å². The highest BCUT2D eigenvalue weighted by molar-refractivity contribution is 5.96. The fourth-order valence-electron chi connectivity index (χ4n) is 1.71. The standard InChI is InChI=1S/C12H15N3O3/c1-2-3-8(13)11(16)14-7-4-5-10-9(6-7)15-12(17)18-10/h4-6,8H,2-3,13H2,1H3,(H,14,16)(H,15,17)/t8-/m1/s1. The third-order valence-corrected chi connectivity index (χ3v) is 2.62. The second-order valence-electron chi connectivity index (χ2n) is 4.11. The maximum atomic E-state index is 11.7. The van der Waals surface area contributed by atoms with E-state index in [2.05, 4.69) is 10.3 Å². The summed E-state index contributed by atoms with van der Waals surface area (Å²) in [6.07, 6.45) is 1.49. The van der Waals surface area contributed by atoms with Gasteiger partial charge in [-0.3, -0.25) is 9.78 Å². The molecule has 0 aliphatic carbocycles. The molecule has 18 heavy (non-hydrogen) atoms. The van der Waals surface area contributed by atoms with Gasteiger partial charge in [-0.2, -0.15) is 0 Å². The summed E-state index contributed by atoms with van der Waals surface area (Å²) in [7, 11) is 0. The number of anilines is 1. The molecule has 0 saturated carbocycles. The highest BCUT2D eigenvalue weighted by atomic mass is 16.4.